The van der Waals surface area contributed by atoms with Crippen LogP contribution in [0.2, 0.25) is 0 Å². The molecule has 0 aliphatic carbocycles. The molecule has 1 aromatic rings. The van der Waals surface area contributed by atoms with Crippen LogP contribution >= 0.6 is 0 Å². The van der Waals surface area contributed by atoms with Crippen molar-refractivity contribution in [3.8, 4) is 0 Å². The number of nitrogens with two attached hydrogens (primary N) is 1. The molecule has 0 unspecified atom stereocenters. The average Bonchev–Trinajstić information content (AvgIpc) is 2.11. The monoisotopic (exact) mass is 311 g/mol. The molecule has 0 bridgehead atoms. The Labute approximate surface area is 111 Å². The molecule has 0 heterocycles. The summed E-state index contributed by atoms with van der Waals surface area (Å²) in [5.74, 6) is -0.797. The lowest BCUT2D eigenvalue weighted by molar-refractivity contribution is 0.575. The zero-order valence-corrected chi connectivity index (χ0v) is 11.8. The first-order valence-corrected chi connectivity index (χ1v) is 8.16. The first-order valence-electron chi connectivity index (χ1n) is 5.14. The normalized spacial score (nSPS) is 12.7. The molecule has 1 aromatic carbocycles. The standard InChI is InChI=1S/C9H14FN3O4S2/c1-6(2)12-19(16,17)13-8-5-7(10)3-4-9(8)18(11,14)15/h3-6,12-13H,1-2H3,(H2,11,14,15). The number of primary sulfonamides is 1. The smallest absolute Gasteiger partial charge is 0.270 e. The van der Waals surface area contributed by atoms with Crippen molar-refractivity contribution >= 4 is 25.9 Å². The Bertz CT molecular complexity index is 671. The van der Waals surface area contributed by atoms with Crippen LogP contribution < -0.4 is 14.6 Å². The summed E-state index contributed by atoms with van der Waals surface area (Å²) in [6, 6.07) is 2.08. The summed E-state index contributed by atoms with van der Waals surface area (Å²) in [4.78, 5) is -0.511. The Morgan fingerprint density at radius 3 is 2.26 bits per heavy atom. The van der Waals surface area contributed by atoms with E-state index in [4.69, 9.17) is 5.14 Å². The number of anilines is 1. The predicted octanol–water partition coefficient (Wildman–Crippen LogP) is 0.128. The first kappa shape index (κ1) is 15.8. The molecule has 0 saturated carbocycles. The Morgan fingerprint density at radius 2 is 1.79 bits per heavy atom. The van der Waals surface area contributed by atoms with Crippen molar-refractivity contribution in [1.82, 2.24) is 4.72 Å². The van der Waals surface area contributed by atoms with Crippen molar-refractivity contribution in [3.63, 3.8) is 0 Å². The molecular formula is C9H14FN3O4S2. The van der Waals surface area contributed by atoms with E-state index in [1.807, 2.05) is 4.72 Å². The fourth-order valence-electron chi connectivity index (χ4n) is 1.31. The van der Waals surface area contributed by atoms with Gasteiger partial charge in [-0.25, -0.2) is 17.9 Å². The summed E-state index contributed by atoms with van der Waals surface area (Å²) < 4.78 is 63.0. The van der Waals surface area contributed by atoms with E-state index >= 15 is 0 Å². The largest absolute Gasteiger partial charge is 0.299 e. The first-order chi connectivity index (χ1) is 8.51. The quantitative estimate of drug-likeness (QED) is 0.716. The molecule has 0 atom stereocenters. The summed E-state index contributed by atoms with van der Waals surface area (Å²) in [6.45, 7) is 3.15. The topological polar surface area (TPSA) is 118 Å². The molecule has 4 N–H and O–H groups in total. The summed E-state index contributed by atoms with van der Waals surface area (Å²) in [5, 5.41) is 4.92. The molecule has 0 amide bonds. The Morgan fingerprint density at radius 1 is 1.21 bits per heavy atom. The van der Waals surface area contributed by atoms with Crippen LogP contribution in [-0.4, -0.2) is 22.9 Å². The number of sulfonamides is 1. The van der Waals surface area contributed by atoms with Crippen molar-refractivity contribution in [1.29, 1.82) is 0 Å². The minimum absolute atomic E-state index is 0.413. The van der Waals surface area contributed by atoms with Gasteiger partial charge in [0.1, 0.15) is 10.7 Å². The van der Waals surface area contributed by atoms with Crippen molar-refractivity contribution in [2.45, 2.75) is 24.8 Å². The molecule has 0 saturated heterocycles. The second-order valence-electron chi connectivity index (χ2n) is 4.06. The summed E-state index contributed by atoms with van der Waals surface area (Å²) >= 11 is 0. The van der Waals surface area contributed by atoms with E-state index in [2.05, 4.69) is 4.72 Å². The van der Waals surface area contributed by atoms with Crippen molar-refractivity contribution in [2.24, 2.45) is 5.14 Å². The van der Waals surface area contributed by atoms with Gasteiger partial charge in [-0.05, 0) is 32.0 Å². The Hall–Kier alpha value is -1.23. The highest BCUT2D eigenvalue weighted by molar-refractivity contribution is 7.91. The van der Waals surface area contributed by atoms with Gasteiger partial charge in [0.25, 0.3) is 10.2 Å². The van der Waals surface area contributed by atoms with Crippen LogP contribution in [0, 0.1) is 5.82 Å². The summed E-state index contributed by atoms with van der Waals surface area (Å²) in [7, 11) is -8.19. The lowest BCUT2D eigenvalue weighted by Gasteiger charge is -2.13. The van der Waals surface area contributed by atoms with E-state index < -0.39 is 42.7 Å². The average molecular weight is 311 g/mol. The number of benzene rings is 1. The fourth-order valence-corrected chi connectivity index (χ4v) is 3.19. The van der Waals surface area contributed by atoms with Crippen LogP contribution in [0.1, 0.15) is 13.8 Å². The van der Waals surface area contributed by atoms with Gasteiger partial charge in [0.15, 0.2) is 0 Å². The predicted molar refractivity (Wildman–Crippen MR) is 68.6 cm³/mol. The molecule has 108 valence electrons. The molecule has 0 fully saturated rings. The van der Waals surface area contributed by atoms with Gasteiger partial charge >= 0.3 is 0 Å². The molecular weight excluding hydrogens is 297 g/mol. The molecule has 0 spiro atoms. The minimum atomic E-state index is -4.17. The third-order valence-electron chi connectivity index (χ3n) is 1.88. The maximum Gasteiger partial charge on any atom is 0.299 e. The van der Waals surface area contributed by atoms with Gasteiger partial charge in [-0.15, -0.1) is 0 Å². The lowest BCUT2D eigenvalue weighted by atomic mass is 10.3. The van der Waals surface area contributed by atoms with E-state index in [9.17, 15) is 21.2 Å². The molecule has 7 nitrogen and oxygen atoms in total. The second kappa shape index (κ2) is 5.41. The zero-order valence-electron chi connectivity index (χ0n) is 10.2. The highest BCUT2D eigenvalue weighted by Crippen LogP contribution is 2.22. The van der Waals surface area contributed by atoms with Gasteiger partial charge < -0.3 is 0 Å². The van der Waals surface area contributed by atoms with Crippen LogP contribution in [0.15, 0.2) is 23.1 Å². The maximum absolute atomic E-state index is 13.1. The Kier molecular flexibility index (Phi) is 4.50. The number of rotatable bonds is 5. The van der Waals surface area contributed by atoms with Gasteiger partial charge in [-0.2, -0.15) is 13.1 Å². The number of nitrogens with one attached hydrogen (secondary N) is 2. The maximum atomic E-state index is 13.1. The zero-order chi connectivity index (χ0) is 14.8. The van der Waals surface area contributed by atoms with E-state index in [1.54, 1.807) is 13.8 Å². The van der Waals surface area contributed by atoms with E-state index in [-0.39, 0.29) is 0 Å². The van der Waals surface area contributed by atoms with E-state index in [0.29, 0.717) is 0 Å². The fraction of sp³-hybridized carbons (Fsp3) is 0.333. The van der Waals surface area contributed by atoms with Crippen LogP contribution in [0.3, 0.4) is 0 Å². The molecule has 1 rings (SSSR count). The second-order valence-corrected chi connectivity index (χ2v) is 7.04. The van der Waals surface area contributed by atoms with Crippen molar-refractivity contribution in [3.05, 3.63) is 24.0 Å². The van der Waals surface area contributed by atoms with Gasteiger partial charge in [0.2, 0.25) is 10.0 Å². The number of halogens is 1. The van der Waals surface area contributed by atoms with Crippen LogP contribution in [0.4, 0.5) is 10.1 Å². The number of hydrogen-bond donors (Lipinski definition) is 3. The molecule has 0 aliphatic heterocycles. The van der Waals surface area contributed by atoms with Crippen molar-refractivity contribution in [2.75, 3.05) is 4.72 Å². The van der Waals surface area contributed by atoms with Gasteiger partial charge in [-0.1, -0.05) is 0 Å². The summed E-state index contributed by atoms with van der Waals surface area (Å²) in [5.41, 5.74) is -0.448. The summed E-state index contributed by atoms with van der Waals surface area (Å²) in [6.07, 6.45) is 0. The highest BCUT2D eigenvalue weighted by atomic mass is 32.2. The van der Waals surface area contributed by atoms with Crippen molar-refractivity contribution < 1.29 is 21.2 Å². The van der Waals surface area contributed by atoms with Crippen LogP contribution in [0.5, 0.6) is 0 Å². The molecule has 0 radical (unpaired) electrons. The molecule has 19 heavy (non-hydrogen) atoms. The van der Waals surface area contributed by atoms with Crippen LogP contribution in [-0.2, 0) is 20.2 Å². The minimum Gasteiger partial charge on any atom is -0.270 e. The SMILES string of the molecule is CC(C)NS(=O)(=O)Nc1cc(F)ccc1S(N)(=O)=O. The van der Waals surface area contributed by atoms with E-state index in [1.165, 1.54) is 0 Å². The van der Waals surface area contributed by atoms with Crippen LogP contribution in [0.25, 0.3) is 0 Å². The molecule has 0 aliphatic rings. The third kappa shape index (κ3) is 4.74. The highest BCUT2D eigenvalue weighted by Gasteiger charge is 2.19. The number of hydrogen-bond acceptors (Lipinski definition) is 4. The molecule has 0 aromatic heterocycles. The molecule has 10 heteroatoms. The van der Waals surface area contributed by atoms with Gasteiger partial charge in [0.05, 0.1) is 5.69 Å². The Balaban J connectivity index is 3.24. The van der Waals surface area contributed by atoms with Gasteiger partial charge in [0, 0.05) is 6.04 Å². The lowest BCUT2D eigenvalue weighted by Crippen LogP contribution is -2.35. The van der Waals surface area contributed by atoms with Gasteiger partial charge in [-0.3, -0.25) is 4.72 Å². The third-order valence-corrected chi connectivity index (χ3v) is 4.12. The van der Waals surface area contributed by atoms with E-state index in [0.717, 1.165) is 18.2 Å².